The van der Waals surface area contributed by atoms with Gasteiger partial charge in [0.25, 0.3) is 5.91 Å². The molecule has 13 heavy (non-hydrogen) atoms. The van der Waals surface area contributed by atoms with Gasteiger partial charge in [-0.05, 0) is 12.1 Å². The van der Waals surface area contributed by atoms with Crippen LogP contribution >= 0.6 is 0 Å². The first kappa shape index (κ1) is 9.26. The van der Waals surface area contributed by atoms with Crippen molar-refractivity contribution in [1.82, 2.24) is 4.90 Å². The topological polar surface area (TPSA) is 20.3 Å². The van der Waals surface area contributed by atoms with Gasteiger partial charge in [-0.1, -0.05) is 31.4 Å². The lowest BCUT2D eigenvalue weighted by Gasteiger charge is -2.11. The maximum Gasteiger partial charge on any atom is 0.261 e. The summed E-state index contributed by atoms with van der Waals surface area (Å²) in [7, 11) is 0. The van der Waals surface area contributed by atoms with E-state index in [0.717, 1.165) is 0 Å². The van der Waals surface area contributed by atoms with Gasteiger partial charge in [0.1, 0.15) is 0 Å². The van der Waals surface area contributed by atoms with Gasteiger partial charge in [0.05, 0.1) is 0 Å². The quantitative estimate of drug-likeness (QED) is 0.687. The van der Waals surface area contributed by atoms with Crippen LogP contribution in [0.2, 0.25) is 0 Å². The number of benzene rings is 1. The minimum absolute atomic E-state index is 0.120. The molecule has 1 amide bonds. The molecule has 1 rings (SSSR count). The molecule has 0 aliphatic carbocycles. The van der Waals surface area contributed by atoms with Crippen LogP contribution in [0.25, 0.3) is 0 Å². The Balaban J connectivity index is 2.90. The Labute approximate surface area is 77.8 Å². The van der Waals surface area contributed by atoms with E-state index in [1.807, 2.05) is 18.2 Å². The molecule has 0 fully saturated rings. The van der Waals surface area contributed by atoms with Crippen molar-refractivity contribution in [3.8, 4) is 0 Å². The normalized spacial score (nSPS) is 8.92. The number of nitrogens with zero attached hydrogens (tertiary/aromatic N) is 1. The van der Waals surface area contributed by atoms with Crippen LogP contribution < -0.4 is 0 Å². The third kappa shape index (κ3) is 2.06. The van der Waals surface area contributed by atoms with Gasteiger partial charge in [0.2, 0.25) is 0 Å². The highest BCUT2D eigenvalue weighted by Crippen LogP contribution is 2.04. The second-order valence-corrected chi connectivity index (χ2v) is 2.44. The molecule has 0 saturated heterocycles. The Bertz CT molecular complexity index is 308. The van der Waals surface area contributed by atoms with E-state index in [2.05, 4.69) is 13.2 Å². The van der Waals surface area contributed by atoms with E-state index in [1.54, 1.807) is 12.1 Å². The van der Waals surface area contributed by atoms with E-state index >= 15 is 0 Å². The number of rotatable bonds is 3. The highest BCUT2D eigenvalue weighted by Gasteiger charge is 2.08. The standard InChI is InChI=1S/C11H11NO/c1-3-12(4-2)11(13)10-8-6-5-7-9-10/h3-9H,1-2H2. The summed E-state index contributed by atoms with van der Waals surface area (Å²) in [6.07, 6.45) is 2.87. The second-order valence-electron chi connectivity index (χ2n) is 2.44. The molecule has 0 aliphatic heterocycles. The molecule has 0 unspecified atom stereocenters. The van der Waals surface area contributed by atoms with Crippen molar-refractivity contribution in [1.29, 1.82) is 0 Å². The fraction of sp³-hybridized carbons (Fsp3) is 0. The van der Waals surface area contributed by atoms with Crippen LogP contribution in [0.3, 0.4) is 0 Å². The van der Waals surface area contributed by atoms with Crippen LogP contribution in [0, 0.1) is 0 Å². The summed E-state index contributed by atoms with van der Waals surface area (Å²) >= 11 is 0. The van der Waals surface area contributed by atoms with Crippen molar-refractivity contribution in [2.45, 2.75) is 0 Å². The van der Waals surface area contributed by atoms with E-state index in [-0.39, 0.29) is 5.91 Å². The summed E-state index contributed by atoms with van der Waals surface area (Å²) in [4.78, 5) is 12.9. The molecule has 2 heteroatoms. The number of carbonyl (C=O) groups is 1. The summed E-state index contributed by atoms with van der Waals surface area (Å²) in [5, 5.41) is 0. The van der Waals surface area contributed by atoms with Gasteiger partial charge in [0.15, 0.2) is 0 Å². The van der Waals surface area contributed by atoms with Gasteiger partial charge in [-0.25, -0.2) is 0 Å². The van der Waals surface area contributed by atoms with Crippen LogP contribution in [-0.4, -0.2) is 10.8 Å². The molecule has 0 N–H and O–H groups in total. The first-order valence-corrected chi connectivity index (χ1v) is 3.92. The molecule has 0 spiro atoms. The third-order valence-corrected chi connectivity index (χ3v) is 1.65. The zero-order valence-corrected chi connectivity index (χ0v) is 7.31. The highest BCUT2D eigenvalue weighted by molar-refractivity contribution is 5.95. The van der Waals surface area contributed by atoms with E-state index in [9.17, 15) is 4.79 Å². The molecule has 0 bridgehead atoms. The SMILES string of the molecule is C=CN(C=C)C(=O)c1ccccc1. The molecule has 0 aromatic heterocycles. The Morgan fingerprint density at radius 2 is 1.69 bits per heavy atom. The van der Waals surface area contributed by atoms with Crippen molar-refractivity contribution < 1.29 is 4.79 Å². The van der Waals surface area contributed by atoms with Crippen molar-refractivity contribution >= 4 is 5.91 Å². The summed E-state index contributed by atoms with van der Waals surface area (Å²) < 4.78 is 0. The minimum Gasteiger partial charge on any atom is -0.292 e. The molecule has 0 aliphatic rings. The Hall–Kier alpha value is -1.83. The zero-order valence-electron chi connectivity index (χ0n) is 7.31. The van der Waals surface area contributed by atoms with Crippen LogP contribution in [0.5, 0.6) is 0 Å². The smallest absolute Gasteiger partial charge is 0.261 e. The largest absolute Gasteiger partial charge is 0.292 e. The van der Waals surface area contributed by atoms with Crippen molar-refractivity contribution in [3.05, 3.63) is 61.5 Å². The van der Waals surface area contributed by atoms with Crippen LogP contribution in [-0.2, 0) is 0 Å². The lowest BCUT2D eigenvalue weighted by atomic mass is 10.2. The summed E-state index contributed by atoms with van der Waals surface area (Å²) in [5.41, 5.74) is 0.627. The molecule has 0 radical (unpaired) electrons. The Morgan fingerprint density at radius 3 is 2.15 bits per heavy atom. The molecular weight excluding hydrogens is 162 g/mol. The molecule has 1 aromatic carbocycles. The minimum atomic E-state index is -0.120. The maximum absolute atomic E-state index is 11.6. The third-order valence-electron chi connectivity index (χ3n) is 1.65. The van der Waals surface area contributed by atoms with E-state index in [0.29, 0.717) is 5.56 Å². The molecule has 0 atom stereocenters. The average molecular weight is 173 g/mol. The van der Waals surface area contributed by atoms with Gasteiger partial charge in [0, 0.05) is 18.0 Å². The first-order valence-electron chi connectivity index (χ1n) is 3.92. The van der Waals surface area contributed by atoms with Gasteiger partial charge < -0.3 is 0 Å². The molecule has 1 aromatic rings. The zero-order chi connectivity index (χ0) is 9.68. The lowest BCUT2D eigenvalue weighted by Crippen LogP contribution is -2.18. The second kappa shape index (κ2) is 4.26. The van der Waals surface area contributed by atoms with E-state index in [4.69, 9.17) is 0 Å². The van der Waals surface area contributed by atoms with Gasteiger partial charge in [-0.3, -0.25) is 9.69 Å². The van der Waals surface area contributed by atoms with Gasteiger partial charge in [-0.15, -0.1) is 0 Å². The fourth-order valence-electron chi connectivity index (χ4n) is 0.970. The number of hydrogen-bond donors (Lipinski definition) is 0. The monoisotopic (exact) mass is 173 g/mol. The van der Waals surface area contributed by atoms with Crippen molar-refractivity contribution in [2.24, 2.45) is 0 Å². The summed E-state index contributed by atoms with van der Waals surface area (Å²) in [6, 6.07) is 9.00. The first-order chi connectivity index (χ1) is 6.29. The summed E-state index contributed by atoms with van der Waals surface area (Å²) in [5.74, 6) is -0.120. The molecule has 2 nitrogen and oxygen atoms in total. The maximum atomic E-state index is 11.6. The van der Waals surface area contributed by atoms with Gasteiger partial charge in [-0.2, -0.15) is 0 Å². The van der Waals surface area contributed by atoms with Crippen LogP contribution in [0.4, 0.5) is 0 Å². The summed E-state index contributed by atoms with van der Waals surface area (Å²) in [6.45, 7) is 7.02. The molecular formula is C11H11NO. The van der Waals surface area contributed by atoms with Crippen molar-refractivity contribution in [3.63, 3.8) is 0 Å². The highest BCUT2D eigenvalue weighted by atomic mass is 16.2. The Kier molecular flexibility index (Phi) is 3.03. The Morgan fingerprint density at radius 1 is 1.15 bits per heavy atom. The predicted octanol–water partition coefficient (Wildman–Crippen LogP) is 2.42. The molecule has 0 heterocycles. The average Bonchev–Trinajstić information content (AvgIpc) is 2.21. The molecule has 66 valence electrons. The van der Waals surface area contributed by atoms with Crippen LogP contribution in [0.1, 0.15) is 10.4 Å². The lowest BCUT2D eigenvalue weighted by molar-refractivity contribution is 0.0870. The predicted molar refractivity (Wildman–Crippen MR) is 53.0 cm³/mol. The van der Waals surface area contributed by atoms with Crippen molar-refractivity contribution in [2.75, 3.05) is 0 Å². The number of hydrogen-bond acceptors (Lipinski definition) is 1. The van der Waals surface area contributed by atoms with Crippen LogP contribution in [0.15, 0.2) is 55.9 Å². The number of carbonyl (C=O) groups excluding carboxylic acids is 1. The van der Waals surface area contributed by atoms with Gasteiger partial charge >= 0.3 is 0 Å². The fourth-order valence-corrected chi connectivity index (χ4v) is 0.970. The molecule has 0 saturated carbocycles. The van der Waals surface area contributed by atoms with E-state index in [1.165, 1.54) is 17.3 Å². The number of amides is 1. The van der Waals surface area contributed by atoms with E-state index < -0.39 is 0 Å².